The quantitative estimate of drug-likeness (QED) is 0.104. The van der Waals surface area contributed by atoms with E-state index in [1.165, 1.54) is 148 Å². The third-order valence-electron chi connectivity index (χ3n) is 7.58. The lowest BCUT2D eigenvalue weighted by atomic mass is 10.00. The molecule has 0 aliphatic carbocycles. The molecule has 0 aromatic heterocycles. The van der Waals surface area contributed by atoms with Gasteiger partial charge >= 0.3 is 0 Å². The summed E-state index contributed by atoms with van der Waals surface area (Å²) in [4.78, 5) is 0. The first-order valence-corrected chi connectivity index (χ1v) is 16.1. The number of hydrogen-bond donors (Lipinski definition) is 2. The molecule has 0 radical (unpaired) electrons. The van der Waals surface area contributed by atoms with Crippen LogP contribution in [0.5, 0.6) is 0 Å². The van der Waals surface area contributed by atoms with Crippen LogP contribution in [0.1, 0.15) is 194 Å². The molecule has 2 unspecified atom stereocenters. The highest BCUT2D eigenvalue weighted by Crippen LogP contribution is 2.17. The Morgan fingerprint density at radius 2 is 0.529 bits per heavy atom. The summed E-state index contributed by atoms with van der Waals surface area (Å²) < 4.78 is 0. The zero-order valence-corrected chi connectivity index (χ0v) is 23.8. The molecule has 2 nitrogen and oxygen atoms in total. The van der Waals surface area contributed by atoms with Crippen molar-refractivity contribution in [2.24, 2.45) is 0 Å². The molecular formula is C32H66O2. The first-order valence-electron chi connectivity index (χ1n) is 16.1. The number of hydrogen-bond acceptors (Lipinski definition) is 2. The fraction of sp³-hybridized carbons (Fsp3) is 1.00. The molecule has 0 heterocycles. The number of aliphatic hydroxyl groups is 2. The first kappa shape index (κ1) is 33.9. The van der Waals surface area contributed by atoms with Crippen molar-refractivity contribution in [2.75, 3.05) is 0 Å². The normalized spacial score (nSPS) is 13.4. The standard InChI is InChI=1S/C32H66O2/c1-3-5-7-8-9-10-11-12-13-14-15-16-17-18-19-20-21-22-23-24-25-27-29-32(34)30-31(33)28-26-6-4-2/h31-34H,3-30H2,1-2H3. The van der Waals surface area contributed by atoms with Gasteiger partial charge in [-0.1, -0.05) is 174 Å². The second-order valence-corrected chi connectivity index (χ2v) is 11.3. The predicted molar refractivity (Wildman–Crippen MR) is 153 cm³/mol. The molecule has 0 bridgehead atoms. The maximum atomic E-state index is 10.1. The smallest absolute Gasteiger partial charge is 0.0564 e. The lowest BCUT2D eigenvalue weighted by Crippen LogP contribution is -2.17. The van der Waals surface area contributed by atoms with Gasteiger partial charge in [-0.3, -0.25) is 0 Å². The summed E-state index contributed by atoms with van der Waals surface area (Å²) in [6.45, 7) is 4.48. The molecule has 0 aliphatic heterocycles. The Hall–Kier alpha value is -0.0800. The average molecular weight is 483 g/mol. The van der Waals surface area contributed by atoms with E-state index in [0.717, 1.165) is 25.7 Å². The summed E-state index contributed by atoms with van der Waals surface area (Å²) in [5, 5.41) is 20.0. The van der Waals surface area contributed by atoms with Crippen LogP contribution in [-0.2, 0) is 0 Å². The first-order chi connectivity index (χ1) is 16.7. The number of rotatable bonds is 29. The van der Waals surface area contributed by atoms with E-state index in [0.29, 0.717) is 6.42 Å². The van der Waals surface area contributed by atoms with Gasteiger partial charge in [-0.25, -0.2) is 0 Å². The SMILES string of the molecule is CCCCCCCCCCCCCCCCCCCCCCCCC(O)CC(O)CCCCC. The Bertz CT molecular complexity index is 357. The minimum Gasteiger partial charge on any atom is -0.393 e. The van der Waals surface area contributed by atoms with Crippen molar-refractivity contribution in [2.45, 2.75) is 206 Å². The van der Waals surface area contributed by atoms with Crippen LogP contribution >= 0.6 is 0 Å². The number of aliphatic hydroxyl groups excluding tert-OH is 2. The maximum Gasteiger partial charge on any atom is 0.0564 e. The van der Waals surface area contributed by atoms with Gasteiger partial charge in [0.1, 0.15) is 0 Å². The molecule has 0 aliphatic rings. The van der Waals surface area contributed by atoms with Crippen molar-refractivity contribution in [1.29, 1.82) is 0 Å². The van der Waals surface area contributed by atoms with E-state index in [9.17, 15) is 10.2 Å². The van der Waals surface area contributed by atoms with Gasteiger partial charge in [0.2, 0.25) is 0 Å². The highest BCUT2D eigenvalue weighted by molar-refractivity contribution is 4.64. The second kappa shape index (κ2) is 29.2. The molecule has 34 heavy (non-hydrogen) atoms. The molecule has 0 fully saturated rings. The minimum atomic E-state index is -0.304. The molecule has 0 amide bonds. The molecule has 0 rings (SSSR count). The van der Waals surface area contributed by atoms with E-state index in [4.69, 9.17) is 0 Å². The van der Waals surface area contributed by atoms with E-state index in [-0.39, 0.29) is 12.2 Å². The van der Waals surface area contributed by atoms with Gasteiger partial charge in [0, 0.05) is 0 Å². The van der Waals surface area contributed by atoms with E-state index in [2.05, 4.69) is 13.8 Å². The monoisotopic (exact) mass is 483 g/mol. The van der Waals surface area contributed by atoms with Crippen LogP contribution in [0.25, 0.3) is 0 Å². The molecule has 0 saturated heterocycles. The molecule has 2 heteroatoms. The van der Waals surface area contributed by atoms with Gasteiger partial charge in [-0.15, -0.1) is 0 Å². The zero-order chi connectivity index (χ0) is 25.0. The lowest BCUT2D eigenvalue weighted by molar-refractivity contribution is 0.0681. The maximum absolute atomic E-state index is 10.1. The van der Waals surface area contributed by atoms with E-state index in [1.807, 2.05) is 0 Å². The summed E-state index contributed by atoms with van der Waals surface area (Å²) in [5.74, 6) is 0. The summed E-state index contributed by atoms with van der Waals surface area (Å²) in [5.41, 5.74) is 0. The van der Waals surface area contributed by atoms with Gasteiger partial charge in [0.25, 0.3) is 0 Å². The van der Waals surface area contributed by atoms with E-state index < -0.39 is 0 Å². The van der Waals surface area contributed by atoms with Crippen LogP contribution in [0.3, 0.4) is 0 Å². The van der Waals surface area contributed by atoms with Crippen molar-refractivity contribution in [1.82, 2.24) is 0 Å². The van der Waals surface area contributed by atoms with Crippen molar-refractivity contribution < 1.29 is 10.2 Å². The van der Waals surface area contributed by atoms with Gasteiger partial charge < -0.3 is 10.2 Å². The summed E-state index contributed by atoms with van der Waals surface area (Å²) in [6, 6.07) is 0. The molecule has 0 spiro atoms. The van der Waals surface area contributed by atoms with Crippen molar-refractivity contribution in [3.8, 4) is 0 Å². The Kier molecular flexibility index (Phi) is 29.1. The largest absolute Gasteiger partial charge is 0.393 e. The average Bonchev–Trinajstić information content (AvgIpc) is 2.82. The van der Waals surface area contributed by atoms with Crippen LogP contribution in [0.4, 0.5) is 0 Å². The second-order valence-electron chi connectivity index (χ2n) is 11.3. The third-order valence-corrected chi connectivity index (χ3v) is 7.58. The molecule has 206 valence electrons. The van der Waals surface area contributed by atoms with Crippen LogP contribution in [0.15, 0.2) is 0 Å². The molecule has 2 atom stereocenters. The minimum absolute atomic E-state index is 0.304. The topological polar surface area (TPSA) is 40.5 Å². The highest BCUT2D eigenvalue weighted by atomic mass is 16.3. The van der Waals surface area contributed by atoms with Crippen LogP contribution in [0, 0.1) is 0 Å². The van der Waals surface area contributed by atoms with E-state index >= 15 is 0 Å². The molecule has 0 aromatic rings. The molecule has 0 aromatic carbocycles. The van der Waals surface area contributed by atoms with Crippen LogP contribution in [-0.4, -0.2) is 22.4 Å². The summed E-state index contributed by atoms with van der Waals surface area (Å²) in [7, 11) is 0. The van der Waals surface area contributed by atoms with E-state index in [1.54, 1.807) is 0 Å². The van der Waals surface area contributed by atoms with Gasteiger partial charge in [0.05, 0.1) is 12.2 Å². The van der Waals surface area contributed by atoms with Crippen LogP contribution in [0.2, 0.25) is 0 Å². The fourth-order valence-corrected chi connectivity index (χ4v) is 5.17. The predicted octanol–water partition coefficient (Wildman–Crippen LogP) is 10.7. The van der Waals surface area contributed by atoms with Crippen molar-refractivity contribution in [3.63, 3.8) is 0 Å². The fourth-order valence-electron chi connectivity index (χ4n) is 5.17. The Labute approximate surface area is 216 Å². The van der Waals surface area contributed by atoms with Gasteiger partial charge in [-0.05, 0) is 19.3 Å². The Morgan fingerprint density at radius 3 is 0.824 bits per heavy atom. The summed E-state index contributed by atoms with van der Waals surface area (Å²) in [6.07, 6.45) is 36.1. The molecular weight excluding hydrogens is 416 g/mol. The van der Waals surface area contributed by atoms with Crippen LogP contribution < -0.4 is 0 Å². The van der Waals surface area contributed by atoms with Gasteiger partial charge in [0.15, 0.2) is 0 Å². The van der Waals surface area contributed by atoms with Crippen molar-refractivity contribution >= 4 is 0 Å². The van der Waals surface area contributed by atoms with Crippen molar-refractivity contribution in [3.05, 3.63) is 0 Å². The molecule has 2 N–H and O–H groups in total. The lowest BCUT2D eigenvalue weighted by Gasteiger charge is -2.15. The third kappa shape index (κ3) is 28.2. The Morgan fingerprint density at radius 1 is 0.324 bits per heavy atom. The summed E-state index contributed by atoms with van der Waals surface area (Å²) >= 11 is 0. The number of unbranched alkanes of at least 4 members (excludes halogenated alkanes) is 23. The highest BCUT2D eigenvalue weighted by Gasteiger charge is 2.11. The molecule has 0 saturated carbocycles. The zero-order valence-electron chi connectivity index (χ0n) is 23.8. The Balaban J connectivity index is 3.15. The van der Waals surface area contributed by atoms with Gasteiger partial charge in [-0.2, -0.15) is 0 Å².